The van der Waals surface area contributed by atoms with Crippen LogP contribution in [0.2, 0.25) is 5.02 Å². The Balaban J connectivity index is 1.33. The maximum atomic E-state index is 15.5. The van der Waals surface area contributed by atoms with Crippen LogP contribution in [0.5, 0.6) is 0 Å². The monoisotopic (exact) mass is 623 g/mol. The molecule has 1 aromatic carbocycles. The Hall–Kier alpha value is -2.42. The topological polar surface area (TPSA) is 155 Å². The minimum Gasteiger partial charge on any atom is -0.428 e. The van der Waals surface area contributed by atoms with Crippen LogP contribution in [0, 0.1) is 5.82 Å². The standard InChI is InChI=1S/C28H36ClFN6O5S/c1-14(2)36-20-9-15(8-19(30)23(20)32-25(36)27(3,4)38)22-18(29)12-31-26(33-22)34-28-10-16(13-41-21(11-28)24(28)37)35-42(39,40)17-6-5-7-17/h8-9,12,14,16-17,21,24,35,37-38H,5-7,10-11,13H2,1-4H3,(H,31,33,34)/p+1/t16-,21+,24+,28+/m0/s1. The molecule has 42 heavy (non-hydrogen) atoms. The summed E-state index contributed by atoms with van der Waals surface area (Å²) in [5.74, 6) is -0.0718. The summed E-state index contributed by atoms with van der Waals surface area (Å²) in [6.07, 6.45) is 3.24. The lowest BCUT2D eigenvalue weighted by atomic mass is 9.68. The lowest BCUT2D eigenvalue weighted by Crippen LogP contribution is -2.67. The fourth-order valence-electron chi connectivity index (χ4n) is 6.31. The lowest BCUT2D eigenvalue weighted by molar-refractivity contribution is -0.205. The van der Waals surface area contributed by atoms with Gasteiger partial charge in [-0.2, -0.15) is 0 Å². The van der Waals surface area contributed by atoms with Gasteiger partial charge in [0.2, 0.25) is 16.0 Å². The number of sulfonamides is 1. The number of halogens is 2. The lowest BCUT2D eigenvalue weighted by Gasteiger charge is -2.47. The van der Waals surface area contributed by atoms with Gasteiger partial charge >= 0.3 is 0 Å². The summed E-state index contributed by atoms with van der Waals surface area (Å²) in [5.41, 5.74) is -0.896. The van der Waals surface area contributed by atoms with Gasteiger partial charge in [0.15, 0.2) is 18.5 Å². The van der Waals surface area contributed by atoms with Crippen molar-refractivity contribution in [3.8, 4) is 11.3 Å². The van der Waals surface area contributed by atoms with Crippen LogP contribution in [-0.2, 0) is 15.6 Å². The van der Waals surface area contributed by atoms with E-state index in [2.05, 4.69) is 29.7 Å². The van der Waals surface area contributed by atoms with Gasteiger partial charge in [0, 0.05) is 18.0 Å². The van der Waals surface area contributed by atoms with Gasteiger partial charge in [-0.05, 0) is 59.1 Å². The third-order valence-electron chi connectivity index (χ3n) is 8.69. The summed E-state index contributed by atoms with van der Waals surface area (Å²) >= 11 is 6.52. The van der Waals surface area contributed by atoms with E-state index in [0.29, 0.717) is 42.6 Å². The Morgan fingerprint density at radius 3 is 2.60 bits per heavy atom. The van der Waals surface area contributed by atoms with E-state index in [0.717, 1.165) is 6.42 Å². The number of benzene rings is 1. The molecule has 11 nitrogen and oxygen atoms in total. The van der Waals surface area contributed by atoms with Gasteiger partial charge in [0.1, 0.15) is 23.0 Å². The van der Waals surface area contributed by atoms with Crippen LogP contribution < -0.4 is 10.0 Å². The van der Waals surface area contributed by atoms with Gasteiger partial charge in [-0.25, -0.2) is 32.5 Å². The van der Waals surface area contributed by atoms with E-state index < -0.39 is 39.1 Å². The first-order valence-electron chi connectivity index (χ1n) is 14.3. The van der Waals surface area contributed by atoms with Crippen LogP contribution in [0.3, 0.4) is 0 Å². The highest BCUT2D eigenvalue weighted by Gasteiger charge is 2.61. The number of aliphatic hydroxyl groups is 4. The second-order valence-electron chi connectivity index (χ2n) is 12.7. The molecular formula is C28H37ClFN6O5S+. The number of nitrogens with zero attached hydrogens (tertiary/aromatic N) is 4. The first-order valence-corrected chi connectivity index (χ1v) is 16.2. The number of hydrogen-bond acceptors (Lipinski definition) is 8. The average molecular weight is 624 g/mol. The maximum absolute atomic E-state index is 15.5. The zero-order chi connectivity index (χ0) is 30.2. The van der Waals surface area contributed by atoms with Crippen LogP contribution in [0.25, 0.3) is 22.3 Å². The molecule has 0 radical (unpaired) electrons. The first-order chi connectivity index (χ1) is 19.7. The highest BCUT2D eigenvalue weighted by molar-refractivity contribution is 7.90. The van der Waals surface area contributed by atoms with Gasteiger partial charge in [-0.1, -0.05) is 18.0 Å². The van der Waals surface area contributed by atoms with Crippen molar-refractivity contribution >= 4 is 38.6 Å². The third kappa shape index (κ3) is 5.07. The first kappa shape index (κ1) is 29.6. The molecule has 0 spiro atoms. The van der Waals surface area contributed by atoms with E-state index in [9.17, 15) is 18.6 Å². The zero-order valence-electron chi connectivity index (χ0n) is 24.0. The highest BCUT2D eigenvalue weighted by Crippen LogP contribution is 2.43. The zero-order valence-corrected chi connectivity index (χ0v) is 25.5. The minimum absolute atomic E-state index is 0.119. The molecule has 4 aliphatic rings. The smallest absolute Gasteiger partial charge is 0.223 e. The van der Waals surface area contributed by atoms with Crippen LogP contribution in [0.1, 0.15) is 71.7 Å². The normalized spacial score (nSPS) is 26.6. The molecule has 14 heteroatoms. The van der Waals surface area contributed by atoms with Crippen molar-refractivity contribution < 1.29 is 27.8 Å². The van der Waals surface area contributed by atoms with E-state index in [-0.39, 0.29) is 46.2 Å². The van der Waals surface area contributed by atoms with Crippen molar-refractivity contribution in [2.75, 3.05) is 11.9 Å². The predicted molar refractivity (Wildman–Crippen MR) is 157 cm³/mol. The fourth-order valence-corrected chi connectivity index (χ4v) is 8.28. The SMILES string of the molecule is CC(C)n1c(C(C)(C)O)nc2c(F)cc(-c3nc(N[C@]45C[C@H](NS(=O)(=O)C6CCC6)C[OH+][C@H](C4)[C@H]5O)ncc3Cl)cc21. The number of nitrogens with one attached hydrogen (secondary N) is 2. The van der Waals surface area contributed by atoms with E-state index in [1.165, 1.54) is 12.3 Å². The molecule has 4 atom stereocenters. The van der Waals surface area contributed by atoms with Crippen LogP contribution in [-0.4, -0.2) is 78.5 Å². The summed E-state index contributed by atoms with van der Waals surface area (Å²) in [6.45, 7) is 7.34. The van der Waals surface area contributed by atoms with Crippen molar-refractivity contribution in [3.05, 3.63) is 35.0 Å². The van der Waals surface area contributed by atoms with Gasteiger partial charge in [-0.3, -0.25) is 0 Å². The van der Waals surface area contributed by atoms with Crippen LogP contribution >= 0.6 is 11.6 Å². The Labute approximate surface area is 248 Å². The molecule has 4 fully saturated rings. The summed E-state index contributed by atoms with van der Waals surface area (Å²) in [5, 5.41) is 24.8. The van der Waals surface area contributed by atoms with Crippen molar-refractivity contribution in [1.29, 1.82) is 0 Å². The molecule has 7 rings (SSSR count). The summed E-state index contributed by atoms with van der Waals surface area (Å²) in [6, 6.07) is 2.44. The molecule has 2 aromatic heterocycles. The largest absolute Gasteiger partial charge is 0.428 e. The molecule has 0 unspecified atom stereocenters. The molecule has 0 amide bonds. The van der Waals surface area contributed by atoms with Gasteiger partial charge in [0.05, 0.1) is 39.3 Å². The van der Waals surface area contributed by atoms with Crippen molar-refractivity contribution in [1.82, 2.24) is 24.2 Å². The highest BCUT2D eigenvalue weighted by atomic mass is 35.5. The Bertz CT molecular complexity index is 1640. The van der Waals surface area contributed by atoms with E-state index in [1.807, 2.05) is 13.8 Å². The summed E-state index contributed by atoms with van der Waals surface area (Å²) < 4.78 is 50.2. The van der Waals surface area contributed by atoms with Crippen molar-refractivity contribution in [2.45, 2.75) is 100 Å². The number of fused-ring (bicyclic) bond motifs is 4. The van der Waals surface area contributed by atoms with Gasteiger partial charge < -0.3 is 24.8 Å². The molecule has 2 saturated carbocycles. The number of anilines is 1. The number of imidazole rings is 1. The molecule has 2 bridgehead atoms. The van der Waals surface area contributed by atoms with Crippen molar-refractivity contribution in [3.63, 3.8) is 0 Å². The number of hydrogen-bond donors (Lipinski definition) is 4. The third-order valence-corrected chi connectivity index (χ3v) is 11.0. The maximum Gasteiger partial charge on any atom is 0.223 e. The average Bonchev–Trinajstić information content (AvgIpc) is 3.11. The van der Waals surface area contributed by atoms with Gasteiger partial charge in [0.25, 0.3) is 0 Å². The Morgan fingerprint density at radius 1 is 1.24 bits per heavy atom. The van der Waals surface area contributed by atoms with Crippen LogP contribution in [0.15, 0.2) is 18.3 Å². The number of aromatic nitrogens is 4. The Kier molecular flexibility index (Phi) is 7.30. The summed E-state index contributed by atoms with van der Waals surface area (Å²) in [7, 11) is -3.48. The van der Waals surface area contributed by atoms with E-state index in [1.54, 1.807) is 24.5 Å². The molecule has 4 heterocycles. The van der Waals surface area contributed by atoms with E-state index >= 15 is 4.39 Å². The second kappa shape index (κ2) is 10.3. The number of aliphatic hydroxyl groups excluding tert-OH is 1. The number of rotatable bonds is 8. The minimum atomic E-state index is -3.48. The second-order valence-corrected chi connectivity index (χ2v) is 15.1. The van der Waals surface area contributed by atoms with Crippen molar-refractivity contribution in [2.24, 2.45) is 0 Å². The summed E-state index contributed by atoms with van der Waals surface area (Å²) in [4.78, 5) is 13.4. The molecular weight excluding hydrogens is 587 g/mol. The Morgan fingerprint density at radius 2 is 1.98 bits per heavy atom. The molecule has 5 N–H and O–H groups in total. The van der Waals surface area contributed by atoms with E-state index in [4.69, 9.17) is 11.6 Å². The van der Waals surface area contributed by atoms with Crippen LogP contribution in [0.4, 0.5) is 10.3 Å². The molecule has 2 saturated heterocycles. The molecule has 3 aromatic rings. The molecule has 2 aliphatic carbocycles. The molecule has 228 valence electrons. The quantitative estimate of drug-likeness (QED) is 0.279. The van der Waals surface area contributed by atoms with Gasteiger partial charge in [-0.15, -0.1) is 0 Å². The molecule has 2 aliphatic heterocycles. The number of ether oxygens (including phenoxy) is 1. The predicted octanol–water partition coefficient (Wildman–Crippen LogP) is 3.15. The fraction of sp³-hybridized carbons (Fsp3) is 0.607.